The Bertz CT molecular complexity index is 792. The van der Waals surface area contributed by atoms with E-state index in [1.54, 1.807) is 6.20 Å². The van der Waals surface area contributed by atoms with Gasteiger partial charge in [0.15, 0.2) is 0 Å². The molecule has 5 nitrogen and oxygen atoms in total. The van der Waals surface area contributed by atoms with Crippen LogP contribution in [-0.4, -0.2) is 15.0 Å². The molecule has 2 heterocycles. The summed E-state index contributed by atoms with van der Waals surface area (Å²) in [4.78, 5) is 12.5. The molecule has 3 rings (SSSR count). The highest BCUT2D eigenvalue weighted by molar-refractivity contribution is 6.31. The number of pyridine rings is 1. The first kappa shape index (κ1) is 15.2. The van der Waals surface area contributed by atoms with Crippen LogP contribution in [0.25, 0.3) is 0 Å². The minimum absolute atomic E-state index is 0.653. The summed E-state index contributed by atoms with van der Waals surface area (Å²) in [6.07, 6.45) is 5.09. The van der Waals surface area contributed by atoms with E-state index in [2.05, 4.69) is 25.6 Å². The van der Waals surface area contributed by atoms with Gasteiger partial charge >= 0.3 is 0 Å². The molecule has 0 spiro atoms. The van der Waals surface area contributed by atoms with E-state index in [4.69, 9.17) is 11.6 Å². The van der Waals surface area contributed by atoms with Crippen molar-refractivity contribution in [2.24, 2.45) is 0 Å². The van der Waals surface area contributed by atoms with Gasteiger partial charge in [-0.25, -0.2) is 9.97 Å². The number of aryl methyl sites for hydroxylation is 1. The summed E-state index contributed by atoms with van der Waals surface area (Å²) in [5, 5.41) is 7.19. The van der Waals surface area contributed by atoms with E-state index >= 15 is 0 Å². The van der Waals surface area contributed by atoms with Crippen LogP contribution in [0.4, 0.5) is 17.3 Å². The second-order valence-corrected chi connectivity index (χ2v) is 5.50. The van der Waals surface area contributed by atoms with Gasteiger partial charge in [-0.05, 0) is 36.2 Å². The maximum absolute atomic E-state index is 6.14. The molecule has 0 aliphatic heterocycles. The number of nitrogens with zero attached hydrogens (tertiary/aromatic N) is 3. The summed E-state index contributed by atoms with van der Waals surface area (Å²) in [6, 6.07) is 11.6. The number of anilines is 3. The van der Waals surface area contributed by atoms with E-state index in [0.717, 1.165) is 27.7 Å². The van der Waals surface area contributed by atoms with E-state index in [0.29, 0.717) is 12.4 Å². The van der Waals surface area contributed by atoms with Crippen molar-refractivity contribution < 1.29 is 0 Å². The van der Waals surface area contributed by atoms with Crippen LogP contribution < -0.4 is 10.6 Å². The zero-order valence-electron chi connectivity index (χ0n) is 12.6. The molecule has 0 aliphatic rings. The van der Waals surface area contributed by atoms with Gasteiger partial charge in [0.25, 0.3) is 0 Å². The van der Waals surface area contributed by atoms with E-state index in [1.165, 1.54) is 6.33 Å². The summed E-state index contributed by atoms with van der Waals surface area (Å²) in [5.41, 5.74) is 3.02. The third-order valence-corrected chi connectivity index (χ3v) is 3.71. The van der Waals surface area contributed by atoms with Crippen LogP contribution in [0.2, 0.25) is 5.02 Å². The number of benzene rings is 1. The van der Waals surface area contributed by atoms with Crippen molar-refractivity contribution in [2.75, 3.05) is 10.6 Å². The third kappa shape index (κ3) is 4.17. The predicted octanol–water partition coefficient (Wildman–Crippen LogP) is 4.19. The van der Waals surface area contributed by atoms with Crippen LogP contribution >= 0.6 is 11.6 Å². The monoisotopic (exact) mass is 325 g/mol. The van der Waals surface area contributed by atoms with Crippen molar-refractivity contribution in [2.45, 2.75) is 13.5 Å². The molecule has 0 amide bonds. The molecule has 0 fully saturated rings. The highest BCUT2D eigenvalue weighted by Crippen LogP contribution is 2.23. The first-order chi connectivity index (χ1) is 11.2. The Morgan fingerprint density at radius 1 is 1.09 bits per heavy atom. The number of hydrogen-bond acceptors (Lipinski definition) is 5. The molecule has 1 aromatic carbocycles. The molecule has 116 valence electrons. The molecule has 0 radical (unpaired) electrons. The Kier molecular flexibility index (Phi) is 4.68. The number of rotatable bonds is 5. The summed E-state index contributed by atoms with van der Waals surface area (Å²) >= 11 is 6.14. The topological polar surface area (TPSA) is 62.7 Å². The number of aromatic nitrogens is 3. The minimum Gasteiger partial charge on any atom is -0.366 e. The Morgan fingerprint density at radius 3 is 2.74 bits per heavy atom. The number of hydrogen-bond donors (Lipinski definition) is 2. The Morgan fingerprint density at radius 2 is 1.96 bits per heavy atom. The molecule has 2 N–H and O–H groups in total. The van der Waals surface area contributed by atoms with Crippen molar-refractivity contribution in [3.05, 3.63) is 71.3 Å². The summed E-state index contributed by atoms with van der Waals surface area (Å²) in [6.45, 7) is 2.62. The molecular weight excluding hydrogens is 310 g/mol. The van der Waals surface area contributed by atoms with Gasteiger partial charge in [0.1, 0.15) is 18.0 Å². The van der Waals surface area contributed by atoms with Gasteiger partial charge in [-0.3, -0.25) is 4.98 Å². The third-order valence-electron chi connectivity index (χ3n) is 3.31. The van der Waals surface area contributed by atoms with E-state index in [-0.39, 0.29) is 0 Å². The van der Waals surface area contributed by atoms with Crippen LogP contribution in [0.5, 0.6) is 0 Å². The molecule has 3 aromatic rings. The SMILES string of the molecule is Cc1ccc(Nc2cc(NCc3cccnc3)ncn2)cc1Cl. The van der Waals surface area contributed by atoms with E-state index < -0.39 is 0 Å². The maximum Gasteiger partial charge on any atom is 0.135 e. The van der Waals surface area contributed by atoms with Gasteiger partial charge in [-0.1, -0.05) is 23.7 Å². The fourth-order valence-corrected chi connectivity index (χ4v) is 2.22. The van der Waals surface area contributed by atoms with Gasteiger partial charge < -0.3 is 10.6 Å². The van der Waals surface area contributed by atoms with Crippen LogP contribution in [0.15, 0.2) is 55.1 Å². The molecule has 0 aliphatic carbocycles. The maximum atomic E-state index is 6.14. The first-order valence-corrected chi connectivity index (χ1v) is 7.56. The zero-order chi connectivity index (χ0) is 16.1. The van der Waals surface area contributed by atoms with Crippen molar-refractivity contribution in [3.8, 4) is 0 Å². The van der Waals surface area contributed by atoms with E-state index in [1.807, 2.05) is 49.5 Å². The Balaban J connectivity index is 1.68. The Hall–Kier alpha value is -2.66. The lowest BCUT2D eigenvalue weighted by molar-refractivity contribution is 1.07. The van der Waals surface area contributed by atoms with Crippen molar-refractivity contribution in [3.63, 3.8) is 0 Å². The normalized spacial score (nSPS) is 10.3. The average molecular weight is 326 g/mol. The summed E-state index contributed by atoms with van der Waals surface area (Å²) in [7, 11) is 0. The van der Waals surface area contributed by atoms with Crippen LogP contribution in [0, 0.1) is 6.92 Å². The summed E-state index contributed by atoms with van der Waals surface area (Å²) in [5.74, 6) is 1.44. The van der Waals surface area contributed by atoms with Gasteiger partial charge in [0.05, 0.1) is 0 Å². The molecule has 0 saturated heterocycles. The van der Waals surface area contributed by atoms with Crippen molar-refractivity contribution in [1.29, 1.82) is 0 Å². The number of nitrogens with one attached hydrogen (secondary N) is 2. The first-order valence-electron chi connectivity index (χ1n) is 7.19. The summed E-state index contributed by atoms with van der Waals surface area (Å²) < 4.78 is 0. The average Bonchev–Trinajstić information content (AvgIpc) is 2.58. The fourth-order valence-electron chi connectivity index (χ4n) is 2.04. The van der Waals surface area contributed by atoms with Crippen LogP contribution in [-0.2, 0) is 6.54 Å². The van der Waals surface area contributed by atoms with Gasteiger partial charge in [0.2, 0.25) is 0 Å². The van der Waals surface area contributed by atoms with Gasteiger partial charge in [-0.2, -0.15) is 0 Å². The molecule has 2 aromatic heterocycles. The number of halogens is 1. The lowest BCUT2D eigenvalue weighted by Gasteiger charge is -2.09. The largest absolute Gasteiger partial charge is 0.366 e. The molecule has 0 atom stereocenters. The fraction of sp³-hybridized carbons (Fsp3) is 0.118. The quantitative estimate of drug-likeness (QED) is 0.736. The van der Waals surface area contributed by atoms with Gasteiger partial charge in [0, 0.05) is 35.7 Å². The molecule has 0 unspecified atom stereocenters. The molecule has 0 saturated carbocycles. The standard InChI is InChI=1S/C17H16ClN5/c1-12-4-5-14(7-15(12)18)23-17-8-16(21-11-22-17)20-10-13-3-2-6-19-9-13/h2-9,11H,10H2,1H3,(H2,20,21,22,23). The zero-order valence-corrected chi connectivity index (χ0v) is 13.4. The smallest absolute Gasteiger partial charge is 0.135 e. The second kappa shape index (κ2) is 7.07. The molecule has 0 bridgehead atoms. The Labute approximate surface area is 139 Å². The highest BCUT2D eigenvalue weighted by Gasteiger charge is 2.02. The minimum atomic E-state index is 0.653. The molecule has 23 heavy (non-hydrogen) atoms. The molecule has 6 heteroatoms. The van der Waals surface area contributed by atoms with Crippen molar-refractivity contribution in [1.82, 2.24) is 15.0 Å². The van der Waals surface area contributed by atoms with Crippen molar-refractivity contribution >= 4 is 28.9 Å². The predicted molar refractivity (Wildman–Crippen MR) is 93.1 cm³/mol. The van der Waals surface area contributed by atoms with E-state index in [9.17, 15) is 0 Å². The van der Waals surface area contributed by atoms with Crippen LogP contribution in [0.3, 0.4) is 0 Å². The van der Waals surface area contributed by atoms with Gasteiger partial charge in [-0.15, -0.1) is 0 Å². The highest BCUT2D eigenvalue weighted by atomic mass is 35.5. The second-order valence-electron chi connectivity index (χ2n) is 5.09. The molecular formula is C17H16ClN5. The lowest BCUT2D eigenvalue weighted by atomic mass is 10.2. The van der Waals surface area contributed by atoms with Crippen LogP contribution in [0.1, 0.15) is 11.1 Å². The lowest BCUT2D eigenvalue weighted by Crippen LogP contribution is -2.03.